The van der Waals surface area contributed by atoms with E-state index in [-0.39, 0.29) is 21.7 Å². The summed E-state index contributed by atoms with van der Waals surface area (Å²) in [6.45, 7) is 14.7. The molecule has 4 fully saturated rings. The zero-order valence-electron chi connectivity index (χ0n) is 31.8. The Morgan fingerprint density at radius 3 is 1.90 bits per heavy atom. The van der Waals surface area contributed by atoms with Crippen LogP contribution in [0.15, 0.2) is 103 Å². The molecule has 6 atom stereocenters. The van der Waals surface area contributed by atoms with Gasteiger partial charge in [-0.2, -0.15) is 0 Å². The van der Waals surface area contributed by atoms with Crippen molar-refractivity contribution in [3.8, 4) is 22.3 Å². The van der Waals surface area contributed by atoms with Crippen LogP contribution < -0.4 is 4.90 Å². The zero-order valence-corrected chi connectivity index (χ0v) is 31.8. The van der Waals surface area contributed by atoms with Gasteiger partial charge in [0.05, 0.1) is 5.69 Å². The second-order valence-electron chi connectivity index (χ2n) is 20.0. The van der Waals surface area contributed by atoms with Crippen molar-refractivity contribution in [1.82, 2.24) is 0 Å². The van der Waals surface area contributed by atoms with Crippen LogP contribution in [0.25, 0.3) is 22.3 Å². The van der Waals surface area contributed by atoms with Crippen LogP contribution in [0.5, 0.6) is 0 Å². The van der Waals surface area contributed by atoms with Crippen molar-refractivity contribution in [3.05, 3.63) is 137 Å². The van der Waals surface area contributed by atoms with Gasteiger partial charge in [-0.25, -0.2) is 0 Å². The fourth-order valence-electron chi connectivity index (χ4n) is 14.6. The van der Waals surface area contributed by atoms with E-state index in [1.807, 2.05) is 0 Å². The third kappa shape index (κ3) is 3.28. The van der Waals surface area contributed by atoms with E-state index in [2.05, 4.69) is 150 Å². The lowest BCUT2D eigenvalue weighted by Crippen LogP contribution is -2.73. The van der Waals surface area contributed by atoms with E-state index in [4.69, 9.17) is 0 Å². The van der Waals surface area contributed by atoms with Gasteiger partial charge in [0.25, 0.3) is 0 Å². The number of rotatable bonds is 3. The van der Waals surface area contributed by atoms with Gasteiger partial charge in [0.15, 0.2) is 0 Å². The van der Waals surface area contributed by atoms with E-state index in [9.17, 15) is 0 Å². The summed E-state index contributed by atoms with van der Waals surface area (Å²) in [5.74, 6) is 3.54. The van der Waals surface area contributed by atoms with Gasteiger partial charge in [-0.3, -0.25) is 0 Å². The van der Waals surface area contributed by atoms with E-state index < -0.39 is 0 Å². The maximum atomic E-state index is 2.70. The third-order valence-electron chi connectivity index (χ3n) is 16.8. The van der Waals surface area contributed by atoms with Gasteiger partial charge in [-0.05, 0) is 164 Å². The Bertz CT molecular complexity index is 2410. The van der Waals surface area contributed by atoms with Gasteiger partial charge in [0.1, 0.15) is 0 Å². The number of hydrogen-bond acceptors (Lipinski definition) is 1. The Morgan fingerprint density at radius 2 is 1.13 bits per heavy atom. The van der Waals surface area contributed by atoms with Crippen LogP contribution in [0.1, 0.15) is 113 Å². The smallest absolute Gasteiger partial charge is 0.0508 e. The normalized spacial score (nSPS) is 31.8. The molecule has 0 amide bonds. The van der Waals surface area contributed by atoms with Crippen LogP contribution in [0.2, 0.25) is 0 Å². The number of benzene rings is 5. The number of nitrogens with zero attached hydrogens (tertiary/aromatic N) is 1. The van der Waals surface area contributed by atoms with E-state index >= 15 is 0 Å². The molecule has 2 spiro atoms. The van der Waals surface area contributed by atoms with Gasteiger partial charge >= 0.3 is 0 Å². The summed E-state index contributed by atoms with van der Waals surface area (Å²) in [6, 6.07) is 41.0. The van der Waals surface area contributed by atoms with Gasteiger partial charge in [-0.15, -0.1) is 0 Å². The van der Waals surface area contributed by atoms with Crippen molar-refractivity contribution in [3.63, 3.8) is 0 Å². The van der Waals surface area contributed by atoms with Crippen molar-refractivity contribution in [2.45, 2.75) is 102 Å². The summed E-state index contributed by atoms with van der Waals surface area (Å²) in [6.07, 6.45) is 8.32. The molecule has 0 saturated heterocycles. The van der Waals surface area contributed by atoms with Crippen molar-refractivity contribution in [2.24, 2.45) is 29.1 Å². The molecule has 52 heavy (non-hydrogen) atoms. The van der Waals surface area contributed by atoms with Crippen molar-refractivity contribution in [1.29, 1.82) is 0 Å². The fourth-order valence-corrected chi connectivity index (χ4v) is 14.6. The lowest BCUT2D eigenvalue weighted by atomic mass is 9.27. The largest absolute Gasteiger partial charge is 0.310 e. The van der Waals surface area contributed by atoms with Crippen molar-refractivity contribution >= 4 is 17.1 Å². The Hall–Kier alpha value is -4.10. The number of hydrogen-bond donors (Lipinski definition) is 0. The van der Waals surface area contributed by atoms with Gasteiger partial charge in [0, 0.05) is 22.2 Å². The molecule has 2 bridgehead atoms. The van der Waals surface area contributed by atoms with E-state index in [0.717, 1.165) is 23.7 Å². The SMILES string of the molecule is CC1(C)CCC(C)(C)c2cc(N(c3ccc4c(c3)C3(c5ccccc5-4)C4CC5CC6CC3C64C5)c3cccc4c3C(C)(C)c3ccccc3-4)ccc21. The first-order valence-electron chi connectivity index (χ1n) is 20.4. The molecule has 7 aliphatic rings. The van der Waals surface area contributed by atoms with Crippen LogP contribution in [-0.2, 0) is 21.7 Å². The highest BCUT2D eigenvalue weighted by Crippen LogP contribution is 2.89. The topological polar surface area (TPSA) is 3.24 Å². The Labute approximate surface area is 310 Å². The van der Waals surface area contributed by atoms with Gasteiger partial charge in [0.2, 0.25) is 0 Å². The van der Waals surface area contributed by atoms with Crippen molar-refractivity contribution in [2.75, 3.05) is 4.90 Å². The maximum Gasteiger partial charge on any atom is 0.0508 e. The molecule has 0 heterocycles. The summed E-state index contributed by atoms with van der Waals surface area (Å²) in [5, 5.41) is 0. The molecule has 5 aromatic rings. The van der Waals surface area contributed by atoms with Crippen LogP contribution in [-0.4, -0.2) is 0 Å². The first kappa shape index (κ1) is 30.4. The Kier molecular flexibility index (Phi) is 5.45. The summed E-state index contributed by atoms with van der Waals surface area (Å²) in [5.41, 5.74) is 19.9. The van der Waals surface area contributed by atoms with Gasteiger partial charge < -0.3 is 4.90 Å². The molecule has 12 rings (SSSR count). The lowest BCUT2D eigenvalue weighted by molar-refractivity contribution is -0.231. The highest BCUT2D eigenvalue weighted by molar-refractivity contribution is 5.92. The lowest BCUT2D eigenvalue weighted by Gasteiger charge is -2.76. The second kappa shape index (κ2) is 9.33. The molecule has 0 N–H and O–H groups in total. The quantitative estimate of drug-likeness (QED) is 0.184. The maximum absolute atomic E-state index is 2.70. The molecule has 5 aromatic carbocycles. The van der Waals surface area contributed by atoms with E-state index in [0.29, 0.717) is 5.41 Å². The average molecular weight is 678 g/mol. The van der Waals surface area contributed by atoms with E-state index in [1.165, 1.54) is 100 Å². The molecular weight excluding hydrogens is 627 g/mol. The second-order valence-corrected chi connectivity index (χ2v) is 20.0. The van der Waals surface area contributed by atoms with Crippen LogP contribution >= 0.6 is 0 Å². The minimum absolute atomic E-state index is 0.116. The molecule has 6 unspecified atom stereocenters. The highest BCUT2D eigenvalue weighted by atomic mass is 15.1. The monoisotopic (exact) mass is 677 g/mol. The van der Waals surface area contributed by atoms with Crippen LogP contribution in [0, 0.1) is 29.1 Å². The predicted molar refractivity (Wildman–Crippen MR) is 215 cm³/mol. The molecule has 1 nitrogen and oxygen atoms in total. The van der Waals surface area contributed by atoms with Gasteiger partial charge in [-0.1, -0.05) is 114 Å². The first-order valence-corrected chi connectivity index (χ1v) is 20.4. The number of anilines is 3. The third-order valence-corrected chi connectivity index (χ3v) is 16.8. The molecule has 0 aliphatic heterocycles. The van der Waals surface area contributed by atoms with Crippen LogP contribution in [0.4, 0.5) is 17.1 Å². The summed E-state index contributed by atoms with van der Waals surface area (Å²) >= 11 is 0. The molecule has 1 heteroatoms. The van der Waals surface area contributed by atoms with Crippen molar-refractivity contribution < 1.29 is 0 Å². The minimum Gasteiger partial charge on any atom is -0.310 e. The predicted octanol–water partition coefficient (Wildman–Crippen LogP) is 13.1. The van der Waals surface area contributed by atoms with Crippen LogP contribution in [0.3, 0.4) is 0 Å². The highest BCUT2D eigenvalue weighted by Gasteiger charge is 2.84. The molecule has 260 valence electrons. The standard InChI is InChI=1S/C51H51N/c1-47(2)22-23-48(3,4)42-28-33(19-21-40(42)47)52(43-17-11-14-37-35-13-7-9-15-38(35)49(5,6)46(37)43)32-18-20-36-34-12-8-10-16-39(34)51(41(36)27-32)44-25-30-24-31-26-45(51)50(31,44)29-30/h7-21,27-28,30-31,44-45H,22-26,29H2,1-6H3. The molecular formula is C51H51N. The average Bonchev–Trinajstić information content (AvgIpc) is 3.83. The minimum atomic E-state index is -0.116. The fraction of sp³-hybridized carbons (Fsp3) is 0.412. The van der Waals surface area contributed by atoms with E-state index in [1.54, 1.807) is 11.1 Å². The summed E-state index contributed by atoms with van der Waals surface area (Å²) in [4.78, 5) is 2.68. The Balaban J connectivity index is 1.11. The number of fused-ring (bicyclic) bond motifs is 12. The molecule has 0 aromatic heterocycles. The summed E-state index contributed by atoms with van der Waals surface area (Å²) in [7, 11) is 0. The first-order chi connectivity index (χ1) is 25.0. The Morgan fingerprint density at radius 1 is 0.519 bits per heavy atom. The summed E-state index contributed by atoms with van der Waals surface area (Å²) < 4.78 is 0. The molecule has 0 radical (unpaired) electrons. The molecule has 4 saturated carbocycles. The molecule has 7 aliphatic carbocycles. The zero-order chi connectivity index (χ0) is 35.2.